The van der Waals surface area contributed by atoms with Crippen LogP contribution in [0.15, 0.2) is 12.7 Å². The van der Waals surface area contributed by atoms with Crippen molar-refractivity contribution in [3.63, 3.8) is 0 Å². The second-order valence-electron chi connectivity index (χ2n) is 2.08. The molecule has 0 saturated heterocycles. The predicted octanol–water partition coefficient (Wildman–Crippen LogP) is 1.01. The van der Waals surface area contributed by atoms with Gasteiger partial charge in [-0.1, -0.05) is 6.08 Å². The van der Waals surface area contributed by atoms with E-state index in [9.17, 15) is 4.79 Å². The van der Waals surface area contributed by atoms with Crippen LogP contribution in [0, 0.1) is 0 Å². The zero-order valence-electron chi connectivity index (χ0n) is 6.10. The zero-order valence-corrected chi connectivity index (χ0v) is 6.10. The fourth-order valence-corrected chi connectivity index (χ4v) is 0.625. The molecular formula is C7H14N2O. The summed E-state index contributed by atoms with van der Waals surface area (Å²) in [4.78, 5) is 10.1. The maximum Gasteiger partial charge on any atom is 0.312 e. The van der Waals surface area contributed by atoms with Gasteiger partial charge in [-0.15, -0.1) is 6.58 Å². The topological polar surface area (TPSA) is 55.1 Å². The van der Waals surface area contributed by atoms with Crippen molar-refractivity contribution in [3.05, 3.63) is 12.7 Å². The molecule has 58 valence electrons. The molecule has 0 fully saturated rings. The Morgan fingerprint density at radius 2 is 2.30 bits per heavy atom. The van der Waals surface area contributed by atoms with Crippen LogP contribution in [0.2, 0.25) is 0 Å². The van der Waals surface area contributed by atoms with E-state index in [2.05, 4.69) is 11.9 Å². The van der Waals surface area contributed by atoms with Crippen LogP contribution < -0.4 is 11.1 Å². The van der Waals surface area contributed by atoms with Gasteiger partial charge in [-0.05, 0) is 19.3 Å². The Morgan fingerprint density at radius 3 is 2.80 bits per heavy atom. The summed E-state index contributed by atoms with van der Waals surface area (Å²) in [5.74, 6) is 0. The molecule has 0 bridgehead atoms. The van der Waals surface area contributed by atoms with Gasteiger partial charge < -0.3 is 11.1 Å². The fourth-order valence-electron chi connectivity index (χ4n) is 0.625. The van der Waals surface area contributed by atoms with Gasteiger partial charge >= 0.3 is 6.03 Å². The Kier molecular flexibility index (Phi) is 5.53. The minimum Gasteiger partial charge on any atom is -0.352 e. The summed E-state index contributed by atoms with van der Waals surface area (Å²) in [5, 5.41) is 2.51. The lowest BCUT2D eigenvalue weighted by Gasteiger charge is -1.98. The van der Waals surface area contributed by atoms with Gasteiger partial charge in [0.2, 0.25) is 0 Å². The Balaban J connectivity index is 2.90. The number of carbonyl (C=O) groups excluding carboxylic acids is 1. The normalized spacial score (nSPS) is 8.80. The number of rotatable bonds is 5. The molecule has 2 amide bonds. The maximum atomic E-state index is 10.1. The number of carbonyl (C=O) groups is 1. The number of allylic oxidation sites excluding steroid dienone is 1. The fraction of sp³-hybridized carbons (Fsp3) is 0.571. The molecule has 0 radical (unpaired) electrons. The van der Waals surface area contributed by atoms with Crippen molar-refractivity contribution in [1.29, 1.82) is 0 Å². The lowest BCUT2D eigenvalue weighted by atomic mass is 10.2. The molecule has 3 N–H and O–H groups in total. The summed E-state index contributed by atoms with van der Waals surface area (Å²) in [5.41, 5.74) is 4.84. The predicted molar refractivity (Wildman–Crippen MR) is 41.6 cm³/mol. The summed E-state index contributed by atoms with van der Waals surface area (Å²) in [7, 11) is 0. The van der Waals surface area contributed by atoms with Gasteiger partial charge in [-0.2, -0.15) is 0 Å². The Bertz CT molecular complexity index is 112. The molecule has 0 unspecified atom stereocenters. The van der Waals surface area contributed by atoms with Crippen molar-refractivity contribution >= 4 is 6.03 Å². The summed E-state index contributed by atoms with van der Waals surface area (Å²) in [6.45, 7) is 4.25. The van der Waals surface area contributed by atoms with Crippen molar-refractivity contribution in [2.45, 2.75) is 19.3 Å². The van der Waals surface area contributed by atoms with E-state index in [0.717, 1.165) is 19.3 Å². The van der Waals surface area contributed by atoms with Crippen LogP contribution in [0.1, 0.15) is 19.3 Å². The summed E-state index contributed by atoms with van der Waals surface area (Å²) in [6, 6.07) is -0.446. The highest BCUT2D eigenvalue weighted by Crippen LogP contribution is 1.92. The van der Waals surface area contributed by atoms with Gasteiger partial charge in [0.25, 0.3) is 0 Å². The standard InChI is InChI=1S/C7H14N2O/c1-2-3-4-5-6-9-7(8)10/h2H,1,3-6H2,(H3,8,9,10). The van der Waals surface area contributed by atoms with Crippen molar-refractivity contribution in [1.82, 2.24) is 5.32 Å². The minimum atomic E-state index is -0.446. The molecule has 0 aliphatic rings. The zero-order chi connectivity index (χ0) is 7.82. The van der Waals surface area contributed by atoms with Gasteiger partial charge in [-0.3, -0.25) is 0 Å². The molecule has 0 spiro atoms. The number of nitrogens with two attached hydrogens (primary N) is 1. The quantitative estimate of drug-likeness (QED) is 0.437. The van der Waals surface area contributed by atoms with Crippen LogP contribution in [0.4, 0.5) is 4.79 Å². The van der Waals surface area contributed by atoms with E-state index < -0.39 is 6.03 Å². The number of urea groups is 1. The third kappa shape index (κ3) is 7.01. The Morgan fingerprint density at radius 1 is 1.60 bits per heavy atom. The van der Waals surface area contributed by atoms with E-state index in [1.54, 1.807) is 0 Å². The number of unbranched alkanes of at least 4 members (excludes halogenated alkanes) is 2. The highest BCUT2D eigenvalue weighted by molar-refractivity contribution is 5.71. The minimum absolute atomic E-state index is 0.446. The lowest BCUT2D eigenvalue weighted by molar-refractivity contribution is 0.249. The number of hydrogen-bond acceptors (Lipinski definition) is 1. The molecule has 3 nitrogen and oxygen atoms in total. The number of nitrogens with one attached hydrogen (secondary N) is 1. The molecule has 0 aromatic carbocycles. The lowest BCUT2D eigenvalue weighted by Crippen LogP contribution is -2.29. The molecule has 0 aliphatic carbocycles. The first-order chi connectivity index (χ1) is 4.77. The SMILES string of the molecule is C=CCCCCNC(N)=O. The highest BCUT2D eigenvalue weighted by atomic mass is 16.2. The average Bonchev–Trinajstić information content (AvgIpc) is 1.87. The van der Waals surface area contributed by atoms with Gasteiger partial charge in [0.15, 0.2) is 0 Å². The summed E-state index contributed by atoms with van der Waals surface area (Å²) >= 11 is 0. The molecule has 0 aromatic heterocycles. The second-order valence-corrected chi connectivity index (χ2v) is 2.08. The van der Waals surface area contributed by atoms with E-state index in [0.29, 0.717) is 6.54 Å². The molecule has 3 heteroatoms. The van der Waals surface area contributed by atoms with Crippen molar-refractivity contribution in [2.75, 3.05) is 6.54 Å². The van der Waals surface area contributed by atoms with E-state index in [4.69, 9.17) is 5.73 Å². The largest absolute Gasteiger partial charge is 0.352 e. The smallest absolute Gasteiger partial charge is 0.312 e. The van der Waals surface area contributed by atoms with Crippen LogP contribution in [0.25, 0.3) is 0 Å². The maximum absolute atomic E-state index is 10.1. The Hall–Kier alpha value is -0.990. The molecule has 0 aromatic rings. The second kappa shape index (κ2) is 6.13. The molecule has 0 heterocycles. The summed E-state index contributed by atoms with van der Waals surface area (Å²) < 4.78 is 0. The number of amides is 2. The van der Waals surface area contributed by atoms with Gasteiger partial charge in [-0.25, -0.2) is 4.79 Å². The number of primary amides is 1. The van der Waals surface area contributed by atoms with Crippen LogP contribution in [0.3, 0.4) is 0 Å². The highest BCUT2D eigenvalue weighted by Gasteiger charge is 1.88. The molecule has 0 saturated carbocycles. The van der Waals surface area contributed by atoms with E-state index in [1.165, 1.54) is 0 Å². The molecule has 0 atom stereocenters. The summed E-state index contributed by atoms with van der Waals surface area (Å²) in [6.07, 6.45) is 4.89. The monoisotopic (exact) mass is 142 g/mol. The van der Waals surface area contributed by atoms with E-state index in [-0.39, 0.29) is 0 Å². The number of hydrogen-bond donors (Lipinski definition) is 2. The van der Waals surface area contributed by atoms with Crippen molar-refractivity contribution in [3.8, 4) is 0 Å². The van der Waals surface area contributed by atoms with E-state index >= 15 is 0 Å². The van der Waals surface area contributed by atoms with Gasteiger partial charge in [0.05, 0.1) is 0 Å². The molecular weight excluding hydrogens is 128 g/mol. The third-order valence-electron chi connectivity index (χ3n) is 1.13. The first-order valence-corrected chi connectivity index (χ1v) is 3.41. The van der Waals surface area contributed by atoms with Gasteiger partial charge in [0.1, 0.15) is 0 Å². The third-order valence-corrected chi connectivity index (χ3v) is 1.13. The van der Waals surface area contributed by atoms with Crippen LogP contribution >= 0.6 is 0 Å². The molecule has 0 aliphatic heterocycles. The van der Waals surface area contributed by atoms with Crippen molar-refractivity contribution in [2.24, 2.45) is 5.73 Å². The van der Waals surface area contributed by atoms with Crippen molar-refractivity contribution < 1.29 is 4.79 Å². The Labute approximate surface area is 61.3 Å². The average molecular weight is 142 g/mol. The van der Waals surface area contributed by atoms with Crippen LogP contribution in [0.5, 0.6) is 0 Å². The molecule has 0 rings (SSSR count). The van der Waals surface area contributed by atoms with E-state index in [1.807, 2.05) is 6.08 Å². The van der Waals surface area contributed by atoms with Gasteiger partial charge in [0, 0.05) is 6.54 Å². The molecule has 10 heavy (non-hydrogen) atoms. The first kappa shape index (κ1) is 9.01. The van der Waals surface area contributed by atoms with Crippen LogP contribution in [-0.4, -0.2) is 12.6 Å². The first-order valence-electron chi connectivity index (χ1n) is 3.41. The van der Waals surface area contributed by atoms with Crippen LogP contribution in [-0.2, 0) is 0 Å².